The van der Waals surface area contributed by atoms with E-state index in [-0.39, 0.29) is 17.4 Å². The molecule has 2 rings (SSSR count). The lowest BCUT2D eigenvalue weighted by molar-refractivity contribution is -0.124. The highest BCUT2D eigenvalue weighted by atomic mass is 79.9. The predicted octanol–water partition coefficient (Wildman–Crippen LogP) is 4.25. The lowest BCUT2D eigenvalue weighted by Gasteiger charge is -2.40. The minimum Gasteiger partial charge on any atom is -0.349 e. The van der Waals surface area contributed by atoms with Crippen molar-refractivity contribution in [1.82, 2.24) is 5.32 Å². The first-order chi connectivity index (χ1) is 9.56. The summed E-state index contributed by atoms with van der Waals surface area (Å²) in [5, 5.41) is 4.17. The quantitative estimate of drug-likeness (QED) is 0.817. The Morgan fingerprint density at radius 2 is 2.15 bits per heavy atom. The molecule has 0 aromatic heterocycles. The predicted molar refractivity (Wildman–Crippen MR) is 87.2 cm³/mol. The van der Waals surface area contributed by atoms with Gasteiger partial charge in [-0.25, -0.2) is 0 Å². The summed E-state index contributed by atoms with van der Waals surface area (Å²) < 4.78 is 0. The summed E-state index contributed by atoms with van der Waals surface area (Å²) in [5.74, 6) is 0.739. The van der Waals surface area contributed by atoms with Gasteiger partial charge in [-0.05, 0) is 31.2 Å². The molecule has 0 spiro atoms. The SMILES string of the molecule is CC1CCCC(CBr)(NC(=O)C(C)c2ccccc2)C1. The summed E-state index contributed by atoms with van der Waals surface area (Å²) in [4.78, 5) is 12.6. The van der Waals surface area contributed by atoms with Gasteiger partial charge >= 0.3 is 0 Å². The minimum absolute atomic E-state index is 0.0577. The van der Waals surface area contributed by atoms with E-state index < -0.39 is 0 Å². The topological polar surface area (TPSA) is 29.1 Å². The van der Waals surface area contributed by atoms with Gasteiger partial charge in [0.2, 0.25) is 5.91 Å². The molecular formula is C17H24BrNO. The molecular weight excluding hydrogens is 314 g/mol. The lowest BCUT2D eigenvalue weighted by Crippen LogP contribution is -2.53. The first kappa shape index (κ1) is 15.6. The van der Waals surface area contributed by atoms with Gasteiger partial charge in [-0.15, -0.1) is 0 Å². The molecule has 3 atom stereocenters. The first-order valence-electron chi connectivity index (χ1n) is 7.49. The Kier molecular flexibility index (Phi) is 5.25. The van der Waals surface area contributed by atoms with E-state index in [2.05, 4.69) is 28.2 Å². The van der Waals surface area contributed by atoms with Crippen molar-refractivity contribution < 1.29 is 4.79 Å². The van der Waals surface area contributed by atoms with E-state index in [9.17, 15) is 4.79 Å². The molecule has 110 valence electrons. The van der Waals surface area contributed by atoms with Crippen LogP contribution in [0.3, 0.4) is 0 Å². The fourth-order valence-electron chi connectivity index (χ4n) is 3.19. The smallest absolute Gasteiger partial charge is 0.227 e. The van der Waals surface area contributed by atoms with Gasteiger partial charge in [-0.2, -0.15) is 0 Å². The van der Waals surface area contributed by atoms with E-state index >= 15 is 0 Å². The van der Waals surface area contributed by atoms with Gasteiger partial charge < -0.3 is 5.32 Å². The number of rotatable bonds is 4. The third-order valence-electron chi connectivity index (χ3n) is 4.43. The van der Waals surface area contributed by atoms with Crippen LogP contribution >= 0.6 is 15.9 Å². The molecule has 1 amide bonds. The van der Waals surface area contributed by atoms with E-state index in [1.165, 1.54) is 12.8 Å². The minimum atomic E-state index is -0.0932. The monoisotopic (exact) mass is 337 g/mol. The zero-order valence-corrected chi connectivity index (χ0v) is 13.9. The maximum Gasteiger partial charge on any atom is 0.227 e. The molecule has 2 nitrogen and oxygen atoms in total. The standard InChI is InChI=1S/C17H24BrNO/c1-13-7-6-10-17(11-13,12-18)19-16(20)14(2)15-8-4-3-5-9-15/h3-5,8-9,13-14H,6-7,10-12H2,1-2H3,(H,19,20). The maximum absolute atomic E-state index is 12.6. The molecule has 3 unspecified atom stereocenters. The van der Waals surface area contributed by atoms with E-state index in [1.54, 1.807) is 0 Å². The molecule has 0 aliphatic heterocycles. The van der Waals surface area contributed by atoms with Crippen molar-refractivity contribution in [2.24, 2.45) is 5.92 Å². The van der Waals surface area contributed by atoms with E-state index in [0.29, 0.717) is 5.92 Å². The Labute approximate surface area is 130 Å². The number of hydrogen-bond donors (Lipinski definition) is 1. The molecule has 1 aromatic rings. The molecule has 1 aliphatic rings. The summed E-state index contributed by atoms with van der Waals surface area (Å²) in [5.41, 5.74) is 1.02. The number of alkyl halides is 1. The van der Waals surface area contributed by atoms with Crippen LogP contribution in [-0.2, 0) is 4.79 Å². The third kappa shape index (κ3) is 3.63. The molecule has 1 aliphatic carbocycles. The van der Waals surface area contributed by atoms with Crippen LogP contribution in [0.15, 0.2) is 30.3 Å². The fraction of sp³-hybridized carbons (Fsp3) is 0.588. The van der Waals surface area contributed by atoms with Crippen molar-refractivity contribution in [3.05, 3.63) is 35.9 Å². The van der Waals surface area contributed by atoms with Crippen molar-refractivity contribution in [3.8, 4) is 0 Å². The normalized spacial score (nSPS) is 27.9. The van der Waals surface area contributed by atoms with Crippen molar-refractivity contribution in [3.63, 3.8) is 0 Å². The average Bonchev–Trinajstić information content (AvgIpc) is 2.47. The molecule has 0 heterocycles. The van der Waals surface area contributed by atoms with Crippen LogP contribution in [0.1, 0.15) is 51.0 Å². The van der Waals surface area contributed by atoms with Crippen molar-refractivity contribution in [1.29, 1.82) is 0 Å². The molecule has 1 saturated carbocycles. The number of nitrogens with one attached hydrogen (secondary N) is 1. The number of benzene rings is 1. The number of carbonyl (C=O) groups excluding carboxylic acids is 1. The number of carbonyl (C=O) groups is 1. The van der Waals surface area contributed by atoms with Gasteiger partial charge in [0.15, 0.2) is 0 Å². The third-order valence-corrected chi connectivity index (χ3v) is 5.50. The van der Waals surface area contributed by atoms with E-state index in [1.807, 2.05) is 37.3 Å². The zero-order valence-electron chi connectivity index (χ0n) is 12.4. The summed E-state index contributed by atoms with van der Waals surface area (Å²) in [6.45, 7) is 4.27. The van der Waals surface area contributed by atoms with Crippen molar-refractivity contribution in [2.45, 2.75) is 51.0 Å². The van der Waals surface area contributed by atoms with Crippen LogP contribution in [0.5, 0.6) is 0 Å². The molecule has 0 bridgehead atoms. The molecule has 1 aromatic carbocycles. The van der Waals surface area contributed by atoms with E-state index in [0.717, 1.165) is 23.7 Å². The Balaban J connectivity index is 2.06. The lowest BCUT2D eigenvalue weighted by atomic mass is 9.77. The Bertz CT molecular complexity index is 448. The van der Waals surface area contributed by atoms with Crippen molar-refractivity contribution >= 4 is 21.8 Å². The van der Waals surface area contributed by atoms with Gasteiger partial charge in [0.25, 0.3) is 0 Å². The first-order valence-corrected chi connectivity index (χ1v) is 8.61. The largest absolute Gasteiger partial charge is 0.349 e. The number of hydrogen-bond acceptors (Lipinski definition) is 1. The van der Waals surface area contributed by atoms with Crippen LogP contribution in [0.2, 0.25) is 0 Å². The number of amides is 1. The van der Waals surface area contributed by atoms with Crippen LogP contribution < -0.4 is 5.32 Å². The second kappa shape index (κ2) is 6.75. The van der Waals surface area contributed by atoms with Gasteiger partial charge in [0.05, 0.1) is 5.92 Å². The Morgan fingerprint density at radius 3 is 2.75 bits per heavy atom. The maximum atomic E-state index is 12.6. The summed E-state index contributed by atoms with van der Waals surface area (Å²) >= 11 is 3.61. The van der Waals surface area contributed by atoms with Crippen LogP contribution in [-0.4, -0.2) is 16.8 Å². The molecule has 3 heteroatoms. The van der Waals surface area contributed by atoms with Gasteiger partial charge in [-0.3, -0.25) is 4.79 Å². The fourth-order valence-corrected chi connectivity index (χ4v) is 3.84. The molecule has 1 fully saturated rings. The molecule has 0 radical (unpaired) electrons. The average molecular weight is 338 g/mol. The molecule has 20 heavy (non-hydrogen) atoms. The van der Waals surface area contributed by atoms with Gasteiger partial charge in [0.1, 0.15) is 0 Å². The number of halogens is 1. The second-order valence-electron chi connectivity index (χ2n) is 6.24. The molecule has 1 N–H and O–H groups in total. The Morgan fingerprint density at radius 1 is 1.45 bits per heavy atom. The van der Waals surface area contributed by atoms with Crippen LogP contribution in [0, 0.1) is 5.92 Å². The van der Waals surface area contributed by atoms with Crippen LogP contribution in [0.25, 0.3) is 0 Å². The van der Waals surface area contributed by atoms with Crippen molar-refractivity contribution in [2.75, 3.05) is 5.33 Å². The van der Waals surface area contributed by atoms with Crippen LogP contribution in [0.4, 0.5) is 0 Å². The summed E-state index contributed by atoms with van der Waals surface area (Å²) in [6.07, 6.45) is 4.63. The highest BCUT2D eigenvalue weighted by Crippen LogP contribution is 2.34. The highest BCUT2D eigenvalue weighted by molar-refractivity contribution is 9.09. The highest BCUT2D eigenvalue weighted by Gasteiger charge is 2.36. The Hall–Kier alpha value is -0.830. The zero-order chi connectivity index (χ0) is 14.6. The summed E-state index contributed by atoms with van der Waals surface area (Å²) in [7, 11) is 0. The second-order valence-corrected chi connectivity index (χ2v) is 6.80. The van der Waals surface area contributed by atoms with Gasteiger partial charge in [-0.1, -0.05) is 66.0 Å². The molecule has 0 saturated heterocycles. The summed E-state index contributed by atoms with van der Waals surface area (Å²) in [6, 6.07) is 10.0. The van der Waals surface area contributed by atoms with Gasteiger partial charge in [0, 0.05) is 10.9 Å². The van der Waals surface area contributed by atoms with E-state index in [4.69, 9.17) is 0 Å².